The number of halogens is 2. The van der Waals surface area contributed by atoms with Gasteiger partial charge in [-0.25, -0.2) is 14.2 Å². The summed E-state index contributed by atoms with van der Waals surface area (Å²) in [7, 11) is 1.31. The van der Waals surface area contributed by atoms with E-state index >= 15 is 0 Å². The first-order chi connectivity index (χ1) is 9.02. The van der Waals surface area contributed by atoms with E-state index in [2.05, 4.69) is 31.0 Å². The summed E-state index contributed by atoms with van der Waals surface area (Å²) in [5.41, 5.74) is 0.833. The van der Waals surface area contributed by atoms with Crippen LogP contribution in [-0.4, -0.2) is 18.1 Å². The molecule has 1 aromatic carbocycles. The monoisotopic (exact) mass is 344 g/mol. The van der Waals surface area contributed by atoms with Gasteiger partial charge in [0.25, 0.3) is 0 Å². The van der Waals surface area contributed by atoms with Gasteiger partial charge in [-0.1, -0.05) is 17.4 Å². The lowest BCUT2D eigenvalue weighted by atomic mass is 10.3. The molecule has 0 saturated heterocycles. The van der Waals surface area contributed by atoms with E-state index in [1.807, 2.05) is 0 Å². The topological polar surface area (TPSA) is 51.2 Å². The van der Waals surface area contributed by atoms with Crippen molar-refractivity contribution in [2.24, 2.45) is 0 Å². The third-order valence-corrected chi connectivity index (χ3v) is 4.08. The lowest BCUT2D eigenvalue weighted by molar-refractivity contribution is 0.0605. The van der Waals surface area contributed by atoms with E-state index in [1.54, 1.807) is 19.1 Å². The molecule has 0 amide bonds. The van der Waals surface area contributed by atoms with Gasteiger partial charge in [0.05, 0.1) is 18.5 Å². The fourth-order valence-corrected chi connectivity index (χ4v) is 2.79. The minimum atomic E-state index is -0.448. The number of ether oxygens (including phenoxy) is 1. The number of hydrogen-bond donors (Lipinski definition) is 1. The summed E-state index contributed by atoms with van der Waals surface area (Å²) in [6, 6.07) is 4.65. The second-order valence-corrected chi connectivity index (χ2v) is 5.50. The van der Waals surface area contributed by atoms with Crippen LogP contribution >= 0.6 is 27.3 Å². The molecule has 7 heteroatoms. The van der Waals surface area contributed by atoms with Crippen LogP contribution in [0, 0.1) is 12.7 Å². The molecule has 0 atom stereocenters. The Balaban J connectivity index is 2.32. The minimum absolute atomic E-state index is 0.285. The Hall–Kier alpha value is -1.47. The molecule has 0 aliphatic carbocycles. The van der Waals surface area contributed by atoms with Crippen molar-refractivity contribution in [3.63, 3.8) is 0 Å². The van der Waals surface area contributed by atoms with Crippen molar-refractivity contribution < 1.29 is 13.9 Å². The Bertz CT molecular complexity index is 610. The van der Waals surface area contributed by atoms with E-state index in [9.17, 15) is 9.18 Å². The molecule has 2 rings (SSSR count). The number of nitrogens with zero attached hydrogens (tertiary/aromatic N) is 1. The van der Waals surface area contributed by atoms with Gasteiger partial charge in [-0.15, -0.1) is 0 Å². The number of esters is 1. The van der Waals surface area contributed by atoms with Crippen LogP contribution in [0.15, 0.2) is 22.7 Å². The molecule has 0 aliphatic heterocycles. The van der Waals surface area contributed by atoms with Gasteiger partial charge >= 0.3 is 5.97 Å². The smallest absolute Gasteiger partial charge is 0.350 e. The molecule has 1 aromatic heterocycles. The zero-order valence-corrected chi connectivity index (χ0v) is 12.6. The number of aromatic nitrogens is 1. The van der Waals surface area contributed by atoms with Crippen LogP contribution in [0.5, 0.6) is 0 Å². The molecule has 19 heavy (non-hydrogen) atoms. The van der Waals surface area contributed by atoms with Gasteiger partial charge < -0.3 is 10.1 Å². The average molecular weight is 345 g/mol. The van der Waals surface area contributed by atoms with Gasteiger partial charge in [0, 0.05) is 4.47 Å². The summed E-state index contributed by atoms with van der Waals surface area (Å²) < 4.78 is 18.9. The van der Waals surface area contributed by atoms with Crippen LogP contribution in [0.1, 0.15) is 15.4 Å². The lowest BCUT2D eigenvalue weighted by Crippen LogP contribution is -1.99. The van der Waals surface area contributed by atoms with Crippen molar-refractivity contribution in [2.75, 3.05) is 12.4 Å². The highest BCUT2D eigenvalue weighted by atomic mass is 79.9. The first-order valence-electron chi connectivity index (χ1n) is 5.29. The van der Waals surface area contributed by atoms with Crippen LogP contribution in [0.4, 0.5) is 15.2 Å². The van der Waals surface area contributed by atoms with Gasteiger partial charge in [-0.05, 0) is 35.0 Å². The molecule has 0 radical (unpaired) electrons. The molecule has 1 heterocycles. The van der Waals surface area contributed by atoms with Gasteiger partial charge in [0.15, 0.2) is 5.13 Å². The highest BCUT2D eigenvalue weighted by Gasteiger charge is 2.17. The van der Waals surface area contributed by atoms with Crippen LogP contribution in [0.2, 0.25) is 0 Å². The molecule has 4 nitrogen and oxygen atoms in total. The van der Waals surface area contributed by atoms with E-state index in [0.29, 0.717) is 20.2 Å². The summed E-state index contributed by atoms with van der Waals surface area (Å²) in [6.45, 7) is 1.70. The van der Waals surface area contributed by atoms with Crippen molar-refractivity contribution in [1.82, 2.24) is 4.98 Å². The van der Waals surface area contributed by atoms with Crippen LogP contribution < -0.4 is 5.32 Å². The second-order valence-electron chi connectivity index (χ2n) is 3.65. The summed E-state index contributed by atoms with van der Waals surface area (Å²) in [4.78, 5) is 16.0. The molecule has 0 spiro atoms. The first-order valence-corrected chi connectivity index (χ1v) is 6.90. The molecule has 1 N–H and O–H groups in total. The Kier molecular flexibility index (Phi) is 4.16. The predicted molar refractivity (Wildman–Crippen MR) is 75.6 cm³/mol. The van der Waals surface area contributed by atoms with E-state index in [1.165, 1.54) is 13.2 Å². The van der Waals surface area contributed by atoms with Crippen molar-refractivity contribution in [3.8, 4) is 0 Å². The van der Waals surface area contributed by atoms with Gasteiger partial charge in [0.2, 0.25) is 0 Å². The third kappa shape index (κ3) is 2.93. The maximum atomic E-state index is 13.7. The largest absolute Gasteiger partial charge is 0.465 e. The maximum absolute atomic E-state index is 13.7. The van der Waals surface area contributed by atoms with Crippen molar-refractivity contribution in [3.05, 3.63) is 39.1 Å². The lowest BCUT2D eigenvalue weighted by Gasteiger charge is -2.06. The second kappa shape index (κ2) is 5.66. The Morgan fingerprint density at radius 2 is 2.26 bits per heavy atom. The number of nitrogens with one attached hydrogen (secondary N) is 1. The van der Waals surface area contributed by atoms with Gasteiger partial charge in [-0.3, -0.25) is 0 Å². The highest BCUT2D eigenvalue weighted by molar-refractivity contribution is 9.10. The molecule has 100 valence electrons. The van der Waals surface area contributed by atoms with Crippen molar-refractivity contribution >= 4 is 44.1 Å². The van der Waals surface area contributed by atoms with Crippen molar-refractivity contribution in [2.45, 2.75) is 6.92 Å². The van der Waals surface area contributed by atoms with Crippen LogP contribution in [0.25, 0.3) is 0 Å². The molecule has 0 unspecified atom stereocenters. The third-order valence-electron chi connectivity index (χ3n) is 2.36. The van der Waals surface area contributed by atoms with Crippen LogP contribution in [-0.2, 0) is 4.74 Å². The maximum Gasteiger partial charge on any atom is 0.350 e. The number of thiazole rings is 1. The summed E-state index contributed by atoms with van der Waals surface area (Å²) >= 11 is 4.38. The number of anilines is 2. The molecular formula is C12H10BrFN2O2S. The quantitative estimate of drug-likeness (QED) is 0.858. The van der Waals surface area contributed by atoms with Gasteiger partial charge in [-0.2, -0.15) is 0 Å². The summed E-state index contributed by atoms with van der Waals surface area (Å²) in [6.07, 6.45) is 0. The number of hydrogen-bond acceptors (Lipinski definition) is 5. The molecule has 0 saturated carbocycles. The van der Waals surface area contributed by atoms with Gasteiger partial charge in [0.1, 0.15) is 10.7 Å². The normalized spacial score (nSPS) is 10.3. The zero-order chi connectivity index (χ0) is 14.0. The highest BCUT2D eigenvalue weighted by Crippen LogP contribution is 2.31. The Labute approximate surface area is 121 Å². The number of methoxy groups -OCH3 is 1. The van der Waals surface area contributed by atoms with E-state index in [4.69, 9.17) is 0 Å². The number of rotatable bonds is 3. The number of aryl methyl sites for hydroxylation is 1. The molecule has 0 fully saturated rings. The number of carbonyl (C=O) groups excluding carboxylic acids is 1. The number of para-hydroxylation sites is 1. The van der Waals surface area contributed by atoms with Crippen molar-refractivity contribution in [1.29, 1.82) is 0 Å². The zero-order valence-electron chi connectivity index (χ0n) is 10.2. The molecule has 0 aliphatic rings. The van der Waals surface area contributed by atoms with Crippen LogP contribution in [0.3, 0.4) is 0 Å². The fraction of sp³-hybridized carbons (Fsp3) is 0.167. The minimum Gasteiger partial charge on any atom is -0.465 e. The predicted octanol–water partition coefficient (Wildman–Crippen LogP) is 3.88. The summed E-state index contributed by atoms with van der Waals surface area (Å²) in [5.74, 6) is -0.850. The summed E-state index contributed by atoms with van der Waals surface area (Å²) in [5, 5.41) is 3.29. The Morgan fingerprint density at radius 3 is 2.89 bits per heavy atom. The molecule has 0 bridgehead atoms. The number of benzene rings is 1. The van der Waals surface area contributed by atoms with E-state index in [0.717, 1.165) is 11.3 Å². The fourth-order valence-electron chi connectivity index (χ4n) is 1.46. The molecular weight excluding hydrogens is 335 g/mol. The standard InChI is InChI=1S/C12H10BrFN2O2S/c1-6-10(11(17)18-2)19-12(15-6)16-9-7(13)4-3-5-8(9)14/h3-5H,1-2H3,(H,15,16). The number of carbonyl (C=O) groups is 1. The van der Waals surface area contributed by atoms with E-state index in [-0.39, 0.29) is 5.69 Å². The molecule has 2 aromatic rings. The Morgan fingerprint density at radius 1 is 1.53 bits per heavy atom. The average Bonchev–Trinajstić information content (AvgIpc) is 2.74. The SMILES string of the molecule is COC(=O)c1sc(Nc2c(F)cccc2Br)nc1C. The van der Waals surface area contributed by atoms with E-state index < -0.39 is 11.8 Å². The first kappa shape index (κ1) is 14.0.